The van der Waals surface area contributed by atoms with Crippen LogP contribution in [0.1, 0.15) is 21.5 Å². The summed E-state index contributed by atoms with van der Waals surface area (Å²) in [6, 6.07) is 9.96. The van der Waals surface area contributed by atoms with Gasteiger partial charge in [0.25, 0.3) is 5.91 Å². The summed E-state index contributed by atoms with van der Waals surface area (Å²) in [4.78, 5) is 42.4. The van der Waals surface area contributed by atoms with Crippen LogP contribution in [0.2, 0.25) is 5.15 Å². The summed E-state index contributed by atoms with van der Waals surface area (Å²) in [6.07, 6.45) is 1.63. The number of halogens is 1. The number of hydrogen-bond acceptors (Lipinski definition) is 4. The first-order chi connectivity index (χ1) is 12.4. The molecular weight excluding hydrogens is 356 g/mol. The summed E-state index contributed by atoms with van der Waals surface area (Å²) >= 11 is 5.76. The minimum absolute atomic E-state index is 0.0275. The van der Waals surface area contributed by atoms with Crippen molar-refractivity contribution in [2.24, 2.45) is 0 Å². The SMILES string of the molecule is CN(Cc1ccc(Cl)nc1)C(=O)c1ccc(CN2C(=O)CNC2=O)cc1. The van der Waals surface area contributed by atoms with Gasteiger partial charge in [0, 0.05) is 25.4 Å². The van der Waals surface area contributed by atoms with Crippen LogP contribution in [0, 0.1) is 0 Å². The summed E-state index contributed by atoms with van der Waals surface area (Å²) in [6.45, 7) is 0.623. The summed E-state index contributed by atoms with van der Waals surface area (Å²) in [7, 11) is 1.71. The van der Waals surface area contributed by atoms with Crippen molar-refractivity contribution in [3.8, 4) is 0 Å². The predicted molar refractivity (Wildman–Crippen MR) is 95.4 cm³/mol. The molecule has 134 valence electrons. The molecule has 0 spiro atoms. The molecule has 4 amide bonds. The zero-order valence-corrected chi connectivity index (χ0v) is 14.9. The topological polar surface area (TPSA) is 82.6 Å². The number of benzene rings is 1. The zero-order chi connectivity index (χ0) is 18.7. The van der Waals surface area contributed by atoms with Crippen LogP contribution in [0.5, 0.6) is 0 Å². The summed E-state index contributed by atoms with van der Waals surface area (Å²) < 4.78 is 0. The van der Waals surface area contributed by atoms with Crippen molar-refractivity contribution in [2.45, 2.75) is 13.1 Å². The lowest BCUT2D eigenvalue weighted by Gasteiger charge is -2.18. The molecule has 1 aliphatic rings. The molecule has 1 fully saturated rings. The molecule has 7 nitrogen and oxygen atoms in total. The number of nitrogens with one attached hydrogen (secondary N) is 1. The monoisotopic (exact) mass is 372 g/mol. The second kappa shape index (κ2) is 7.53. The smallest absolute Gasteiger partial charge is 0.324 e. The number of hydrogen-bond donors (Lipinski definition) is 1. The Morgan fingerprint density at radius 1 is 1.19 bits per heavy atom. The Bertz CT molecular complexity index is 821. The molecule has 1 aliphatic heterocycles. The van der Waals surface area contributed by atoms with Crippen LogP contribution in [-0.4, -0.2) is 46.2 Å². The van der Waals surface area contributed by atoms with E-state index >= 15 is 0 Å². The van der Waals surface area contributed by atoms with E-state index in [0.717, 1.165) is 16.0 Å². The standard InChI is InChI=1S/C18H17ClN4O3/c1-22(10-13-4-7-15(19)20-8-13)17(25)14-5-2-12(3-6-14)11-23-16(24)9-21-18(23)26/h2-8H,9-11H2,1H3,(H,21,26). The number of carbonyl (C=O) groups is 3. The Labute approximate surface area is 155 Å². The van der Waals surface area contributed by atoms with Crippen molar-refractivity contribution in [3.63, 3.8) is 0 Å². The van der Waals surface area contributed by atoms with E-state index in [1.54, 1.807) is 48.5 Å². The van der Waals surface area contributed by atoms with Gasteiger partial charge in [0.2, 0.25) is 5.91 Å². The van der Waals surface area contributed by atoms with E-state index in [1.807, 2.05) is 6.07 Å². The lowest BCUT2D eigenvalue weighted by Crippen LogP contribution is -2.30. The van der Waals surface area contributed by atoms with E-state index in [9.17, 15) is 14.4 Å². The highest BCUT2D eigenvalue weighted by atomic mass is 35.5. The Balaban J connectivity index is 1.63. The average Bonchev–Trinajstić information content (AvgIpc) is 2.95. The van der Waals surface area contributed by atoms with Crippen molar-refractivity contribution in [1.82, 2.24) is 20.1 Å². The second-order valence-electron chi connectivity index (χ2n) is 5.99. The van der Waals surface area contributed by atoms with Gasteiger partial charge in [0.05, 0.1) is 13.1 Å². The average molecular weight is 373 g/mol. The number of urea groups is 1. The third-order valence-corrected chi connectivity index (χ3v) is 4.26. The molecular formula is C18H17ClN4O3. The molecule has 0 bridgehead atoms. The molecule has 1 saturated heterocycles. The molecule has 1 aromatic carbocycles. The summed E-state index contributed by atoms with van der Waals surface area (Å²) in [5, 5.41) is 2.88. The minimum Gasteiger partial charge on any atom is -0.337 e. The molecule has 0 atom stereocenters. The van der Waals surface area contributed by atoms with Crippen LogP contribution in [-0.2, 0) is 17.9 Å². The van der Waals surface area contributed by atoms with Crippen molar-refractivity contribution >= 4 is 29.4 Å². The Morgan fingerprint density at radius 2 is 1.88 bits per heavy atom. The van der Waals surface area contributed by atoms with Crippen LogP contribution < -0.4 is 5.32 Å². The van der Waals surface area contributed by atoms with Gasteiger partial charge in [-0.3, -0.25) is 14.5 Å². The molecule has 0 aliphatic carbocycles. The van der Waals surface area contributed by atoms with Crippen LogP contribution in [0.15, 0.2) is 42.6 Å². The fourth-order valence-corrected chi connectivity index (χ4v) is 2.73. The van der Waals surface area contributed by atoms with Gasteiger partial charge in [-0.05, 0) is 29.3 Å². The van der Waals surface area contributed by atoms with E-state index in [2.05, 4.69) is 10.3 Å². The summed E-state index contributed by atoms with van der Waals surface area (Å²) in [5.41, 5.74) is 2.17. The van der Waals surface area contributed by atoms with E-state index in [-0.39, 0.29) is 24.9 Å². The third kappa shape index (κ3) is 4.00. The Morgan fingerprint density at radius 3 is 2.46 bits per heavy atom. The molecule has 0 saturated carbocycles. The number of nitrogens with zero attached hydrogens (tertiary/aromatic N) is 3. The van der Waals surface area contributed by atoms with Gasteiger partial charge in [-0.1, -0.05) is 29.8 Å². The molecule has 8 heteroatoms. The maximum Gasteiger partial charge on any atom is 0.324 e. The first-order valence-corrected chi connectivity index (χ1v) is 8.35. The van der Waals surface area contributed by atoms with Gasteiger partial charge >= 0.3 is 6.03 Å². The highest BCUT2D eigenvalue weighted by molar-refractivity contribution is 6.29. The quantitative estimate of drug-likeness (QED) is 0.643. The summed E-state index contributed by atoms with van der Waals surface area (Å²) in [5.74, 6) is -0.395. The second-order valence-corrected chi connectivity index (χ2v) is 6.37. The number of rotatable bonds is 5. The predicted octanol–water partition coefficient (Wildman–Crippen LogP) is 2.06. The number of aromatic nitrogens is 1. The fourth-order valence-electron chi connectivity index (χ4n) is 2.62. The Kier molecular flexibility index (Phi) is 5.18. The van der Waals surface area contributed by atoms with Gasteiger partial charge < -0.3 is 10.2 Å². The van der Waals surface area contributed by atoms with Gasteiger partial charge in [-0.2, -0.15) is 0 Å². The number of amides is 4. The first-order valence-electron chi connectivity index (χ1n) is 7.97. The largest absolute Gasteiger partial charge is 0.337 e. The maximum atomic E-state index is 12.5. The maximum absolute atomic E-state index is 12.5. The van der Waals surface area contributed by atoms with Crippen LogP contribution in [0.25, 0.3) is 0 Å². The van der Waals surface area contributed by atoms with Crippen LogP contribution >= 0.6 is 11.6 Å². The molecule has 0 radical (unpaired) electrons. The molecule has 2 heterocycles. The van der Waals surface area contributed by atoms with Gasteiger partial charge in [0.1, 0.15) is 5.15 Å². The van der Waals surface area contributed by atoms with E-state index in [0.29, 0.717) is 17.3 Å². The molecule has 1 N–H and O–H groups in total. The van der Waals surface area contributed by atoms with Crippen LogP contribution in [0.3, 0.4) is 0 Å². The molecule has 1 aromatic heterocycles. The molecule has 26 heavy (non-hydrogen) atoms. The Hall–Kier alpha value is -2.93. The van der Waals surface area contributed by atoms with E-state index in [4.69, 9.17) is 11.6 Å². The molecule has 0 unspecified atom stereocenters. The van der Waals surface area contributed by atoms with Gasteiger partial charge in [0.15, 0.2) is 0 Å². The van der Waals surface area contributed by atoms with Crippen molar-refractivity contribution in [3.05, 3.63) is 64.4 Å². The highest BCUT2D eigenvalue weighted by Crippen LogP contribution is 2.13. The molecule has 2 aromatic rings. The van der Waals surface area contributed by atoms with Crippen molar-refractivity contribution < 1.29 is 14.4 Å². The van der Waals surface area contributed by atoms with Crippen LogP contribution in [0.4, 0.5) is 4.79 Å². The third-order valence-electron chi connectivity index (χ3n) is 4.03. The van der Waals surface area contributed by atoms with E-state index in [1.165, 1.54) is 0 Å². The molecule has 3 rings (SSSR count). The normalized spacial score (nSPS) is 13.7. The van der Waals surface area contributed by atoms with Crippen molar-refractivity contribution in [1.29, 1.82) is 0 Å². The lowest BCUT2D eigenvalue weighted by atomic mass is 10.1. The number of carbonyl (C=O) groups excluding carboxylic acids is 3. The number of pyridine rings is 1. The van der Waals surface area contributed by atoms with Gasteiger partial charge in [-0.15, -0.1) is 0 Å². The lowest BCUT2D eigenvalue weighted by molar-refractivity contribution is -0.125. The fraction of sp³-hybridized carbons (Fsp3) is 0.222. The first kappa shape index (κ1) is 17.9. The number of imide groups is 1. The zero-order valence-electron chi connectivity index (χ0n) is 14.1. The van der Waals surface area contributed by atoms with Gasteiger partial charge in [-0.25, -0.2) is 9.78 Å². The van der Waals surface area contributed by atoms with E-state index < -0.39 is 6.03 Å². The highest BCUT2D eigenvalue weighted by Gasteiger charge is 2.28. The van der Waals surface area contributed by atoms with Crippen molar-refractivity contribution in [2.75, 3.05) is 13.6 Å². The minimum atomic E-state index is -0.397.